The minimum Gasteiger partial charge on any atom is -0.488 e. The highest BCUT2D eigenvalue weighted by Gasteiger charge is 2.26. The number of ether oxygens (including phenoxy) is 1. The first kappa shape index (κ1) is 9.16. The fraction of sp³-hybridized carbons (Fsp3) is 0.500. The van der Waals surface area contributed by atoms with Gasteiger partial charge in [-0.15, -0.1) is 0 Å². The number of nitrogens with one attached hydrogen (secondary N) is 1. The Morgan fingerprint density at radius 2 is 2.27 bits per heavy atom. The molecule has 0 bridgehead atoms. The highest BCUT2D eigenvalue weighted by atomic mass is 19.1. The fourth-order valence-corrected chi connectivity index (χ4v) is 1.99. The molecule has 1 heterocycles. The molecule has 0 saturated heterocycles. The number of hydrogen-bond acceptors (Lipinski definition) is 2. The molecular weight excluding hydrogens is 193 g/mol. The van der Waals surface area contributed by atoms with Crippen LogP contribution < -0.4 is 10.1 Å². The first-order valence-corrected chi connectivity index (χ1v) is 5.50. The zero-order valence-electron chi connectivity index (χ0n) is 8.50. The molecule has 1 aromatic rings. The average Bonchev–Trinajstić information content (AvgIpc) is 2.95. The maximum atomic E-state index is 12.9. The van der Waals surface area contributed by atoms with Crippen molar-refractivity contribution in [3.8, 4) is 5.75 Å². The van der Waals surface area contributed by atoms with Crippen molar-refractivity contribution in [1.82, 2.24) is 5.32 Å². The van der Waals surface area contributed by atoms with E-state index in [0.717, 1.165) is 24.3 Å². The minimum atomic E-state index is -0.173. The zero-order valence-corrected chi connectivity index (χ0v) is 8.50. The van der Waals surface area contributed by atoms with Crippen molar-refractivity contribution in [2.75, 3.05) is 6.54 Å². The van der Waals surface area contributed by atoms with Gasteiger partial charge in [-0.25, -0.2) is 4.39 Å². The topological polar surface area (TPSA) is 21.3 Å². The summed E-state index contributed by atoms with van der Waals surface area (Å²) in [5.41, 5.74) is 0.998. The molecule has 3 heteroatoms. The van der Waals surface area contributed by atoms with Gasteiger partial charge in [-0.1, -0.05) is 0 Å². The summed E-state index contributed by atoms with van der Waals surface area (Å²) in [7, 11) is 0. The summed E-state index contributed by atoms with van der Waals surface area (Å²) in [6, 6.07) is 5.46. The van der Waals surface area contributed by atoms with Gasteiger partial charge in [0.1, 0.15) is 17.7 Å². The van der Waals surface area contributed by atoms with E-state index in [1.54, 1.807) is 12.1 Å². The van der Waals surface area contributed by atoms with Crippen LogP contribution in [0.4, 0.5) is 4.39 Å². The second kappa shape index (κ2) is 3.49. The molecule has 1 unspecified atom stereocenters. The van der Waals surface area contributed by atoms with Crippen LogP contribution in [0.1, 0.15) is 18.4 Å². The number of hydrogen-bond donors (Lipinski definition) is 1. The van der Waals surface area contributed by atoms with Gasteiger partial charge in [-0.2, -0.15) is 0 Å². The van der Waals surface area contributed by atoms with E-state index in [2.05, 4.69) is 5.32 Å². The third-order valence-corrected chi connectivity index (χ3v) is 2.98. The summed E-state index contributed by atoms with van der Waals surface area (Å²) in [5, 5.41) is 3.43. The normalized spacial score (nSPS) is 23.7. The van der Waals surface area contributed by atoms with Crippen molar-refractivity contribution in [2.45, 2.75) is 31.4 Å². The Kier molecular flexibility index (Phi) is 2.13. The summed E-state index contributed by atoms with van der Waals surface area (Å²) in [4.78, 5) is 0. The lowest BCUT2D eigenvalue weighted by atomic mass is 10.1. The lowest BCUT2D eigenvalue weighted by Gasteiger charge is -2.10. The molecule has 1 aliphatic carbocycles. The molecule has 2 aliphatic rings. The molecule has 0 aromatic heterocycles. The van der Waals surface area contributed by atoms with Gasteiger partial charge >= 0.3 is 0 Å². The first-order valence-electron chi connectivity index (χ1n) is 5.50. The summed E-state index contributed by atoms with van der Waals surface area (Å²) in [5.74, 6) is 0.673. The largest absolute Gasteiger partial charge is 0.488 e. The van der Waals surface area contributed by atoms with Crippen LogP contribution in [0.2, 0.25) is 0 Å². The monoisotopic (exact) mass is 207 g/mol. The van der Waals surface area contributed by atoms with E-state index in [1.807, 2.05) is 0 Å². The van der Waals surface area contributed by atoms with Gasteiger partial charge in [0.2, 0.25) is 0 Å². The molecule has 0 amide bonds. The number of benzene rings is 1. The van der Waals surface area contributed by atoms with Gasteiger partial charge in [-0.3, -0.25) is 0 Å². The van der Waals surface area contributed by atoms with Crippen LogP contribution in [0, 0.1) is 5.82 Å². The van der Waals surface area contributed by atoms with E-state index in [-0.39, 0.29) is 11.9 Å². The molecule has 3 rings (SSSR count). The third-order valence-electron chi connectivity index (χ3n) is 2.98. The van der Waals surface area contributed by atoms with Crippen molar-refractivity contribution in [2.24, 2.45) is 0 Å². The van der Waals surface area contributed by atoms with Crippen LogP contribution in [0.5, 0.6) is 5.75 Å². The van der Waals surface area contributed by atoms with E-state index in [4.69, 9.17) is 4.74 Å². The molecule has 1 aliphatic heterocycles. The van der Waals surface area contributed by atoms with Gasteiger partial charge in [0, 0.05) is 24.6 Å². The van der Waals surface area contributed by atoms with Crippen LogP contribution in [0.25, 0.3) is 0 Å². The van der Waals surface area contributed by atoms with E-state index in [0.29, 0.717) is 6.04 Å². The number of fused-ring (bicyclic) bond motifs is 1. The Hall–Kier alpha value is -1.09. The van der Waals surface area contributed by atoms with Crippen LogP contribution in [0.15, 0.2) is 18.2 Å². The average molecular weight is 207 g/mol. The van der Waals surface area contributed by atoms with Gasteiger partial charge < -0.3 is 10.1 Å². The van der Waals surface area contributed by atoms with E-state index in [9.17, 15) is 4.39 Å². The summed E-state index contributed by atoms with van der Waals surface area (Å²) >= 11 is 0. The lowest BCUT2D eigenvalue weighted by Crippen LogP contribution is -2.31. The number of rotatable bonds is 3. The van der Waals surface area contributed by atoms with Gasteiger partial charge in [0.05, 0.1) is 0 Å². The molecule has 80 valence electrons. The molecule has 1 saturated carbocycles. The second-order valence-electron chi connectivity index (χ2n) is 4.38. The first-order chi connectivity index (χ1) is 7.31. The second-order valence-corrected chi connectivity index (χ2v) is 4.38. The van der Waals surface area contributed by atoms with Crippen LogP contribution in [-0.4, -0.2) is 18.7 Å². The Labute approximate surface area is 88.4 Å². The van der Waals surface area contributed by atoms with Crippen LogP contribution in [-0.2, 0) is 6.42 Å². The maximum absolute atomic E-state index is 12.9. The molecule has 15 heavy (non-hydrogen) atoms. The van der Waals surface area contributed by atoms with Crippen molar-refractivity contribution in [1.29, 1.82) is 0 Å². The van der Waals surface area contributed by atoms with Crippen molar-refractivity contribution in [3.63, 3.8) is 0 Å². The lowest BCUT2D eigenvalue weighted by molar-refractivity contribution is 0.227. The molecule has 1 atom stereocenters. The third kappa shape index (κ3) is 1.97. The molecule has 1 N–H and O–H groups in total. The van der Waals surface area contributed by atoms with Crippen LogP contribution >= 0.6 is 0 Å². The Bertz CT molecular complexity index is 376. The Balaban J connectivity index is 1.63. The molecule has 1 aromatic carbocycles. The zero-order chi connectivity index (χ0) is 10.3. The van der Waals surface area contributed by atoms with Crippen molar-refractivity contribution in [3.05, 3.63) is 29.6 Å². The van der Waals surface area contributed by atoms with Crippen molar-refractivity contribution >= 4 is 0 Å². The van der Waals surface area contributed by atoms with E-state index >= 15 is 0 Å². The molecule has 2 nitrogen and oxygen atoms in total. The van der Waals surface area contributed by atoms with E-state index in [1.165, 1.54) is 18.9 Å². The van der Waals surface area contributed by atoms with Gasteiger partial charge in [0.15, 0.2) is 0 Å². The van der Waals surface area contributed by atoms with Gasteiger partial charge in [-0.05, 0) is 31.0 Å². The SMILES string of the molecule is Fc1ccc2c(c1)CC(CNC1CC1)O2. The van der Waals surface area contributed by atoms with Crippen LogP contribution in [0.3, 0.4) is 0 Å². The summed E-state index contributed by atoms with van der Waals surface area (Å²) in [6.07, 6.45) is 3.58. The fourth-order valence-electron chi connectivity index (χ4n) is 1.99. The predicted octanol–water partition coefficient (Wildman–Crippen LogP) is 1.88. The maximum Gasteiger partial charge on any atom is 0.123 e. The molecule has 0 spiro atoms. The highest BCUT2D eigenvalue weighted by molar-refractivity contribution is 5.37. The van der Waals surface area contributed by atoms with Crippen molar-refractivity contribution < 1.29 is 9.13 Å². The predicted molar refractivity (Wildman–Crippen MR) is 55.5 cm³/mol. The van der Waals surface area contributed by atoms with E-state index < -0.39 is 0 Å². The molecule has 1 fully saturated rings. The number of halogens is 1. The quantitative estimate of drug-likeness (QED) is 0.817. The molecular formula is C12H14FNO. The Morgan fingerprint density at radius 1 is 1.40 bits per heavy atom. The Morgan fingerprint density at radius 3 is 3.07 bits per heavy atom. The standard InChI is InChI=1S/C12H14FNO/c13-9-1-4-12-8(5-9)6-11(15-12)7-14-10-2-3-10/h1,4-5,10-11,14H,2-3,6-7H2. The molecule has 0 radical (unpaired) electrons. The highest BCUT2D eigenvalue weighted by Crippen LogP contribution is 2.29. The smallest absolute Gasteiger partial charge is 0.123 e. The summed E-state index contributed by atoms with van der Waals surface area (Å²) in [6.45, 7) is 0.876. The summed E-state index contributed by atoms with van der Waals surface area (Å²) < 4.78 is 18.7. The minimum absolute atomic E-state index is 0.173. The van der Waals surface area contributed by atoms with Gasteiger partial charge in [0.25, 0.3) is 0 Å².